The SMILES string of the molecule is CN(C)C(F)(F)COc1ccccc1. The second kappa shape index (κ2) is 4.37. The molecule has 1 aromatic carbocycles. The van der Waals surface area contributed by atoms with Gasteiger partial charge in [-0.3, -0.25) is 0 Å². The molecule has 0 atom stereocenters. The Kier molecular flexibility index (Phi) is 3.41. The molecule has 0 heterocycles. The molecule has 0 N–H and O–H groups in total. The minimum atomic E-state index is -2.93. The second-order valence-corrected chi connectivity index (χ2v) is 3.16. The predicted octanol–water partition coefficient (Wildman–Crippen LogP) is 2.22. The lowest BCUT2D eigenvalue weighted by atomic mass is 10.3. The number of benzene rings is 1. The van der Waals surface area contributed by atoms with Gasteiger partial charge in [-0.15, -0.1) is 0 Å². The molecule has 14 heavy (non-hydrogen) atoms. The van der Waals surface area contributed by atoms with Gasteiger partial charge in [0.15, 0.2) is 6.61 Å². The highest BCUT2D eigenvalue weighted by Crippen LogP contribution is 2.18. The van der Waals surface area contributed by atoms with E-state index in [2.05, 4.69) is 0 Å². The molecule has 0 aliphatic rings. The topological polar surface area (TPSA) is 12.5 Å². The van der Waals surface area contributed by atoms with Crippen molar-refractivity contribution in [2.24, 2.45) is 0 Å². The summed E-state index contributed by atoms with van der Waals surface area (Å²) < 4.78 is 31.0. The second-order valence-electron chi connectivity index (χ2n) is 3.16. The minimum absolute atomic E-state index is 0.453. The first-order valence-corrected chi connectivity index (χ1v) is 4.25. The zero-order chi connectivity index (χ0) is 10.6. The highest BCUT2D eigenvalue weighted by atomic mass is 19.3. The molecule has 0 saturated carbocycles. The van der Waals surface area contributed by atoms with Gasteiger partial charge < -0.3 is 4.74 Å². The number of halogens is 2. The highest BCUT2D eigenvalue weighted by Gasteiger charge is 2.32. The first-order valence-electron chi connectivity index (χ1n) is 4.25. The molecule has 78 valence electrons. The quantitative estimate of drug-likeness (QED) is 0.692. The zero-order valence-corrected chi connectivity index (χ0v) is 8.21. The summed E-state index contributed by atoms with van der Waals surface area (Å²) in [5, 5.41) is 0. The molecule has 0 saturated heterocycles. The van der Waals surface area contributed by atoms with E-state index in [4.69, 9.17) is 4.74 Å². The van der Waals surface area contributed by atoms with Crippen LogP contribution in [0.15, 0.2) is 30.3 Å². The van der Waals surface area contributed by atoms with Crippen molar-refractivity contribution in [1.29, 1.82) is 0 Å². The van der Waals surface area contributed by atoms with Crippen molar-refractivity contribution in [3.8, 4) is 5.75 Å². The van der Waals surface area contributed by atoms with Crippen LogP contribution >= 0.6 is 0 Å². The molecule has 0 radical (unpaired) electrons. The van der Waals surface area contributed by atoms with Crippen LogP contribution in [0.2, 0.25) is 0 Å². The van der Waals surface area contributed by atoms with E-state index in [1.807, 2.05) is 0 Å². The van der Waals surface area contributed by atoms with Crippen LogP contribution < -0.4 is 4.74 Å². The number of likely N-dealkylation sites (N-methyl/N-ethyl adjacent to an activating group) is 1. The number of hydrogen-bond acceptors (Lipinski definition) is 2. The van der Waals surface area contributed by atoms with Crippen molar-refractivity contribution >= 4 is 0 Å². The third kappa shape index (κ3) is 2.96. The largest absolute Gasteiger partial charge is 0.486 e. The summed E-state index contributed by atoms with van der Waals surface area (Å²) in [5.74, 6) is 0.453. The Morgan fingerprint density at radius 3 is 2.29 bits per heavy atom. The summed E-state index contributed by atoms with van der Waals surface area (Å²) in [6, 6.07) is 5.64. The molecule has 0 fully saturated rings. The van der Waals surface area contributed by atoms with Gasteiger partial charge in [-0.05, 0) is 26.2 Å². The van der Waals surface area contributed by atoms with E-state index in [9.17, 15) is 8.78 Å². The Bertz CT molecular complexity index is 275. The lowest BCUT2D eigenvalue weighted by Crippen LogP contribution is -2.40. The molecule has 1 rings (SSSR count). The van der Waals surface area contributed by atoms with Gasteiger partial charge in [-0.2, -0.15) is 8.78 Å². The van der Waals surface area contributed by atoms with Crippen molar-refractivity contribution in [3.63, 3.8) is 0 Å². The van der Waals surface area contributed by atoms with Crippen LogP contribution in [0.4, 0.5) is 8.78 Å². The molecule has 1 aromatic rings. The van der Waals surface area contributed by atoms with Crippen LogP contribution in [-0.4, -0.2) is 31.6 Å². The van der Waals surface area contributed by atoms with E-state index < -0.39 is 12.7 Å². The third-order valence-electron chi connectivity index (χ3n) is 1.81. The lowest BCUT2D eigenvalue weighted by Gasteiger charge is -2.23. The molecular weight excluding hydrogens is 188 g/mol. The van der Waals surface area contributed by atoms with Crippen molar-refractivity contribution < 1.29 is 13.5 Å². The van der Waals surface area contributed by atoms with E-state index >= 15 is 0 Å². The third-order valence-corrected chi connectivity index (χ3v) is 1.81. The molecule has 4 heteroatoms. The number of ether oxygens (including phenoxy) is 1. The maximum atomic E-state index is 13.0. The van der Waals surface area contributed by atoms with Crippen LogP contribution in [0, 0.1) is 0 Å². The Labute approximate surface area is 82.1 Å². The van der Waals surface area contributed by atoms with Crippen LogP contribution in [-0.2, 0) is 0 Å². The van der Waals surface area contributed by atoms with Crippen molar-refractivity contribution in [1.82, 2.24) is 4.90 Å². The fourth-order valence-electron chi connectivity index (χ4n) is 0.816. The fraction of sp³-hybridized carbons (Fsp3) is 0.400. The van der Waals surface area contributed by atoms with Crippen LogP contribution in [0.25, 0.3) is 0 Å². The van der Waals surface area contributed by atoms with Crippen molar-refractivity contribution in [2.75, 3.05) is 20.7 Å². The van der Waals surface area contributed by atoms with Gasteiger partial charge in [0, 0.05) is 0 Å². The van der Waals surface area contributed by atoms with Gasteiger partial charge in [0.1, 0.15) is 5.75 Å². The van der Waals surface area contributed by atoms with E-state index in [0.717, 1.165) is 4.90 Å². The zero-order valence-electron chi connectivity index (χ0n) is 8.21. The standard InChI is InChI=1S/C10H13F2NO/c1-13(2)10(11,12)8-14-9-6-4-3-5-7-9/h3-7H,8H2,1-2H3. The molecule has 0 bridgehead atoms. The van der Waals surface area contributed by atoms with Gasteiger partial charge in [0.05, 0.1) is 0 Å². The van der Waals surface area contributed by atoms with Crippen LogP contribution in [0.5, 0.6) is 5.75 Å². The minimum Gasteiger partial charge on any atom is -0.486 e. The van der Waals surface area contributed by atoms with E-state index in [1.54, 1.807) is 30.3 Å². The van der Waals surface area contributed by atoms with E-state index in [-0.39, 0.29) is 0 Å². The summed E-state index contributed by atoms with van der Waals surface area (Å²) in [4.78, 5) is 0.829. The van der Waals surface area contributed by atoms with Crippen LogP contribution in [0.3, 0.4) is 0 Å². The van der Waals surface area contributed by atoms with Gasteiger partial charge in [0.2, 0.25) is 0 Å². The number of alkyl halides is 2. The Hall–Kier alpha value is -1.16. The maximum Gasteiger partial charge on any atom is 0.338 e. The molecule has 0 spiro atoms. The van der Waals surface area contributed by atoms with Gasteiger partial charge >= 0.3 is 6.05 Å². The number of rotatable bonds is 4. The molecule has 2 nitrogen and oxygen atoms in total. The molecule has 0 aromatic heterocycles. The maximum absolute atomic E-state index is 13.0. The summed E-state index contributed by atoms with van der Waals surface area (Å²) in [5.41, 5.74) is 0. The number of para-hydroxylation sites is 1. The van der Waals surface area contributed by atoms with Crippen molar-refractivity contribution in [2.45, 2.75) is 6.05 Å². The monoisotopic (exact) mass is 201 g/mol. The Morgan fingerprint density at radius 1 is 1.21 bits per heavy atom. The molecule has 0 amide bonds. The molecule has 0 aliphatic heterocycles. The molecular formula is C10H13F2NO. The number of nitrogens with zero attached hydrogens (tertiary/aromatic N) is 1. The summed E-state index contributed by atoms with van der Waals surface area (Å²) >= 11 is 0. The van der Waals surface area contributed by atoms with Gasteiger partial charge in [0.25, 0.3) is 0 Å². The van der Waals surface area contributed by atoms with Gasteiger partial charge in [-0.1, -0.05) is 18.2 Å². The average Bonchev–Trinajstić information content (AvgIpc) is 2.16. The van der Waals surface area contributed by atoms with Gasteiger partial charge in [-0.25, -0.2) is 4.90 Å². The van der Waals surface area contributed by atoms with Crippen molar-refractivity contribution in [3.05, 3.63) is 30.3 Å². The number of hydrogen-bond donors (Lipinski definition) is 0. The lowest BCUT2D eigenvalue weighted by molar-refractivity contribution is -0.146. The fourth-order valence-corrected chi connectivity index (χ4v) is 0.816. The summed E-state index contributed by atoms with van der Waals surface area (Å²) in [6.07, 6.45) is 0. The smallest absolute Gasteiger partial charge is 0.338 e. The summed E-state index contributed by atoms with van der Waals surface area (Å²) in [7, 11) is 2.63. The van der Waals surface area contributed by atoms with E-state index in [1.165, 1.54) is 14.1 Å². The Balaban J connectivity index is 2.49. The normalized spacial score (nSPS) is 11.8. The molecule has 0 unspecified atom stereocenters. The first-order chi connectivity index (χ1) is 6.52. The highest BCUT2D eigenvalue weighted by molar-refractivity contribution is 5.20. The summed E-state index contributed by atoms with van der Waals surface area (Å²) in [6.45, 7) is -0.635. The first kappa shape index (κ1) is 10.9. The predicted molar refractivity (Wildman–Crippen MR) is 50.6 cm³/mol. The average molecular weight is 201 g/mol. The van der Waals surface area contributed by atoms with E-state index in [0.29, 0.717) is 5.75 Å². The Morgan fingerprint density at radius 2 is 1.79 bits per heavy atom. The molecule has 0 aliphatic carbocycles. The van der Waals surface area contributed by atoms with Crippen LogP contribution in [0.1, 0.15) is 0 Å².